The molecule has 0 aliphatic carbocycles. The fourth-order valence-electron chi connectivity index (χ4n) is 1.85. The first kappa shape index (κ1) is 15.1. The zero-order chi connectivity index (χ0) is 15.6. The molecule has 7 heteroatoms. The van der Waals surface area contributed by atoms with E-state index in [2.05, 4.69) is 4.89 Å². The van der Waals surface area contributed by atoms with E-state index in [1.54, 1.807) is 18.2 Å². The molecule has 0 spiro atoms. The predicted octanol–water partition coefficient (Wildman–Crippen LogP) is 5.21. The lowest BCUT2D eigenvalue weighted by atomic mass is 10.3. The number of hydrogen-bond donors (Lipinski definition) is 0. The summed E-state index contributed by atoms with van der Waals surface area (Å²) >= 11 is 1.42. The second-order valence-corrected chi connectivity index (χ2v) is 5.56. The number of halogens is 3. The van der Waals surface area contributed by atoms with Crippen molar-refractivity contribution in [2.75, 3.05) is 6.61 Å². The molecule has 0 bridgehead atoms. The lowest BCUT2D eigenvalue weighted by Gasteiger charge is -2.20. The first-order chi connectivity index (χ1) is 10.5. The van der Waals surface area contributed by atoms with Crippen molar-refractivity contribution in [3.05, 3.63) is 42.5 Å². The fraction of sp³-hybridized carbons (Fsp3) is 0.200. The summed E-state index contributed by atoms with van der Waals surface area (Å²) in [5.41, 5.74) is 0. The minimum Gasteiger partial charge on any atom is -0.455 e. The quantitative estimate of drug-likeness (QED) is 0.373. The van der Waals surface area contributed by atoms with Crippen LogP contribution in [0.1, 0.15) is 6.42 Å². The van der Waals surface area contributed by atoms with Crippen molar-refractivity contribution in [2.45, 2.75) is 22.4 Å². The third-order valence-electron chi connectivity index (χ3n) is 2.84. The molecule has 116 valence electrons. The van der Waals surface area contributed by atoms with Gasteiger partial charge in [-0.05, 0) is 24.3 Å². The van der Waals surface area contributed by atoms with Crippen LogP contribution in [0.4, 0.5) is 13.2 Å². The SMILES string of the molecule is FC(F)(F)CCOOc1cccc2c1Sc1ccccc1O2. The van der Waals surface area contributed by atoms with Gasteiger partial charge in [-0.25, -0.2) is 0 Å². The molecule has 2 aromatic carbocycles. The molecule has 0 N–H and O–H groups in total. The lowest BCUT2D eigenvalue weighted by Crippen LogP contribution is -2.13. The van der Waals surface area contributed by atoms with Crippen LogP contribution in [0.2, 0.25) is 0 Å². The third-order valence-corrected chi connectivity index (χ3v) is 4.01. The maximum atomic E-state index is 12.1. The highest BCUT2D eigenvalue weighted by molar-refractivity contribution is 7.99. The Morgan fingerprint density at radius 3 is 2.59 bits per heavy atom. The van der Waals surface area contributed by atoms with E-state index in [0.717, 1.165) is 10.6 Å². The normalized spacial score (nSPS) is 13.0. The molecule has 1 aliphatic rings. The van der Waals surface area contributed by atoms with Crippen molar-refractivity contribution in [3.63, 3.8) is 0 Å². The van der Waals surface area contributed by atoms with Crippen LogP contribution < -0.4 is 9.62 Å². The maximum Gasteiger partial charge on any atom is 0.391 e. The van der Waals surface area contributed by atoms with Crippen LogP contribution in [0.25, 0.3) is 0 Å². The van der Waals surface area contributed by atoms with Crippen LogP contribution in [0.3, 0.4) is 0 Å². The van der Waals surface area contributed by atoms with E-state index < -0.39 is 19.2 Å². The largest absolute Gasteiger partial charge is 0.455 e. The number of fused-ring (bicyclic) bond motifs is 2. The van der Waals surface area contributed by atoms with Gasteiger partial charge >= 0.3 is 6.18 Å². The Morgan fingerprint density at radius 2 is 1.77 bits per heavy atom. The van der Waals surface area contributed by atoms with Crippen LogP contribution in [0.15, 0.2) is 52.3 Å². The fourth-order valence-corrected chi connectivity index (χ4v) is 2.84. The Bertz CT molecular complexity index is 673. The topological polar surface area (TPSA) is 27.7 Å². The van der Waals surface area contributed by atoms with Crippen molar-refractivity contribution in [1.82, 2.24) is 0 Å². The van der Waals surface area contributed by atoms with Gasteiger partial charge in [0, 0.05) is 0 Å². The van der Waals surface area contributed by atoms with Crippen LogP contribution in [0, 0.1) is 0 Å². The molecule has 3 rings (SSSR count). The van der Waals surface area contributed by atoms with Crippen LogP contribution in [-0.2, 0) is 4.89 Å². The molecule has 2 aromatic rings. The number of ether oxygens (including phenoxy) is 1. The van der Waals surface area contributed by atoms with Gasteiger partial charge in [0.2, 0.25) is 0 Å². The molecule has 0 fully saturated rings. The van der Waals surface area contributed by atoms with Gasteiger partial charge < -0.3 is 9.62 Å². The van der Waals surface area contributed by atoms with E-state index in [0.29, 0.717) is 16.4 Å². The Labute approximate surface area is 128 Å². The minimum absolute atomic E-state index is 0.333. The van der Waals surface area contributed by atoms with Crippen LogP contribution in [-0.4, -0.2) is 12.8 Å². The van der Waals surface area contributed by atoms with Gasteiger partial charge in [-0.15, -0.1) is 0 Å². The lowest BCUT2D eigenvalue weighted by molar-refractivity contribution is -0.234. The molecule has 0 saturated carbocycles. The summed E-state index contributed by atoms with van der Waals surface area (Å²) in [4.78, 5) is 11.3. The molecule has 22 heavy (non-hydrogen) atoms. The third kappa shape index (κ3) is 3.48. The zero-order valence-corrected chi connectivity index (χ0v) is 12.0. The van der Waals surface area contributed by atoms with Gasteiger partial charge in [0.25, 0.3) is 0 Å². The molecular formula is C15H11F3O3S. The summed E-state index contributed by atoms with van der Waals surface area (Å²) in [6.07, 6.45) is -5.33. The molecule has 0 aromatic heterocycles. The summed E-state index contributed by atoms with van der Waals surface area (Å²) in [5.74, 6) is 1.65. The first-order valence-electron chi connectivity index (χ1n) is 6.47. The molecule has 1 heterocycles. The molecule has 0 unspecified atom stereocenters. The monoisotopic (exact) mass is 328 g/mol. The summed E-state index contributed by atoms with van der Waals surface area (Å²) in [7, 11) is 0. The average Bonchev–Trinajstić information content (AvgIpc) is 2.49. The highest BCUT2D eigenvalue weighted by atomic mass is 32.2. The standard InChI is InChI=1S/C15H11F3O3S/c16-15(17,18)8-9-19-21-12-6-3-5-11-14(12)22-13-7-2-1-4-10(13)20-11/h1-7H,8-9H2. The number of benzene rings is 2. The van der Waals surface area contributed by atoms with Gasteiger partial charge in [-0.1, -0.05) is 30.0 Å². The van der Waals surface area contributed by atoms with E-state index >= 15 is 0 Å². The van der Waals surface area contributed by atoms with E-state index in [4.69, 9.17) is 9.62 Å². The van der Waals surface area contributed by atoms with Gasteiger partial charge in [0.1, 0.15) is 23.0 Å². The molecule has 0 atom stereocenters. The summed E-state index contributed by atoms with van der Waals surface area (Å²) in [6, 6.07) is 12.6. The van der Waals surface area contributed by atoms with Crippen LogP contribution in [0.5, 0.6) is 17.2 Å². The molecule has 0 amide bonds. The Hall–Kier alpha value is -1.86. The van der Waals surface area contributed by atoms with Crippen LogP contribution >= 0.6 is 11.8 Å². The molecule has 3 nitrogen and oxygen atoms in total. The number of para-hydroxylation sites is 1. The molecule has 1 aliphatic heterocycles. The molecule has 0 radical (unpaired) electrons. The Morgan fingerprint density at radius 1 is 1.00 bits per heavy atom. The number of hydrogen-bond acceptors (Lipinski definition) is 4. The summed E-state index contributed by atoms with van der Waals surface area (Å²) in [6.45, 7) is -0.560. The first-order valence-corrected chi connectivity index (χ1v) is 7.28. The van der Waals surface area contributed by atoms with E-state index in [1.807, 2.05) is 24.3 Å². The average molecular weight is 328 g/mol. The van der Waals surface area contributed by atoms with Crippen molar-refractivity contribution in [2.24, 2.45) is 0 Å². The molecular weight excluding hydrogens is 317 g/mol. The minimum atomic E-state index is -4.27. The van der Waals surface area contributed by atoms with Gasteiger partial charge in [0.15, 0.2) is 5.75 Å². The predicted molar refractivity (Wildman–Crippen MR) is 74.3 cm³/mol. The zero-order valence-electron chi connectivity index (χ0n) is 11.2. The van der Waals surface area contributed by atoms with Crippen molar-refractivity contribution in [1.29, 1.82) is 0 Å². The number of rotatable bonds is 4. The summed E-state index contributed by atoms with van der Waals surface area (Å²) < 4.78 is 41.9. The van der Waals surface area contributed by atoms with Gasteiger partial charge in [-0.3, -0.25) is 0 Å². The van der Waals surface area contributed by atoms with Crippen molar-refractivity contribution < 1.29 is 27.7 Å². The second-order valence-electron chi connectivity index (χ2n) is 4.50. The highest BCUT2D eigenvalue weighted by Gasteiger charge is 2.27. The van der Waals surface area contributed by atoms with Crippen molar-refractivity contribution in [3.8, 4) is 17.2 Å². The van der Waals surface area contributed by atoms with E-state index in [-0.39, 0.29) is 0 Å². The van der Waals surface area contributed by atoms with E-state index in [9.17, 15) is 13.2 Å². The smallest absolute Gasteiger partial charge is 0.391 e. The van der Waals surface area contributed by atoms with Crippen molar-refractivity contribution >= 4 is 11.8 Å². The summed E-state index contributed by atoms with van der Waals surface area (Å²) in [5, 5.41) is 0. The second kappa shape index (κ2) is 6.10. The number of alkyl halides is 3. The van der Waals surface area contributed by atoms with Gasteiger partial charge in [0.05, 0.1) is 11.3 Å². The Kier molecular flexibility index (Phi) is 4.17. The maximum absolute atomic E-state index is 12.1. The highest BCUT2D eigenvalue weighted by Crippen LogP contribution is 2.50. The van der Waals surface area contributed by atoms with E-state index in [1.165, 1.54) is 11.8 Å². The van der Waals surface area contributed by atoms with Gasteiger partial charge in [-0.2, -0.15) is 18.1 Å². The Balaban J connectivity index is 1.70. The molecule has 0 saturated heterocycles.